The summed E-state index contributed by atoms with van der Waals surface area (Å²) in [5.74, 6) is -1.36. The summed E-state index contributed by atoms with van der Waals surface area (Å²) in [6, 6.07) is 4.36. The number of hydrogen-bond acceptors (Lipinski definition) is 3. The number of fused-ring (bicyclic) bond motifs is 1. The van der Waals surface area contributed by atoms with Crippen molar-refractivity contribution < 1.29 is 31.1 Å². The lowest BCUT2D eigenvalue weighted by Crippen LogP contribution is -2.46. The van der Waals surface area contributed by atoms with Gasteiger partial charge in [-0.1, -0.05) is 6.92 Å². The number of benzene rings is 1. The zero-order valence-corrected chi connectivity index (χ0v) is 18.6. The van der Waals surface area contributed by atoms with Crippen molar-refractivity contribution in [1.29, 1.82) is 0 Å². The fourth-order valence-electron chi connectivity index (χ4n) is 4.08. The third kappa shape index (κ3) is 4.82. The highest BCUT2D eigenvalue weighted by molar-refractivity contribution is 5.93. The molecule has 4 rings (SSSR count). The lowest BCUT2D eigenvalue weighted by molar-refractivity contribution is -0.143. The number of alkyl halides is 6. The van der Waals surface area contributed by atoms with Crippen LogP contribution in [-0.2, 0) is 18.9 Å². The zero-order chi connectivity index (χ0) is 25.7. The molecule has 35 heavy (non-hydrogen) atoms. The van der Waals surface area contributed by atoms with Gasteiger partial charge in [0.05, 0.1) is 23.1 Å². The van der Waals surface area contributed by atoms with E-state index in [2.05, 4.69) is 4.98 Å². The number of nitrogens with zero attached hydrogens (tertiary/aromatic N) is 4. The summed E-state index contributed by atoms with van der Waals surface area (Å²) in [7, 11) is 0. The summed E-state index contributed by atoms with van der Waals surface area (Å²) in [4.78, 5) is 31.3. The molecule has 0 saturated carbocycles. The molecule has 0 radical (unpaired) electrons. The van der Waals surface area contributed by atoms with E-state index in [9.17, 15) is 35.9 Å². The number of carbonyl (C=O) groups is 1. The topological polar surface area (TPSA) is 60.1 Å². The predicted octanol–water partition coefficient (Wildman–Crippen LogP) is 4.64. The average Bonchev–Trinajstić information content (AvgIpc) is 3.20. The number of halogens is 6. The summed E-state index contributed by atoms with van der Waals surface area (Å²) < 4.78 is 82.1. The average molecular weight is 498 g/mol. The van der Waals surface area contributed by atoms with E-state index in [-0.39, 0.29) is 37.0 Å². The molecule has 1 unspecified atom stereocenters. The maximum absolute atomic E-state index is 13.2. The minimum Gasteiger partial charge on any atom is -0.335 e. The van der Waals surface area contributed by atoms with E-state index in [1.54, 1.807) is 13.1 Å². The Kier molecular flexibility index (Phi) is 6.02. The Balaban J connectivity index is 1.61. The van der Waals surface area contributed by atoms with Crippen LogP contribution in [0.1, 0.15) is 45.7 Å². The molecule has 186 valence electrons. The predicted molar refractivity (Wildman–Crippen MR) is 113 cm³/mol. The second-order valence-corrected chi connectivity index (χ2v) is 8.47. The van der Waals surface area contributed by atoms with Gasteiger partial charge in [-0.2, -0.15) is 26.3 Å². The minimum atomic E-state index is -4.96. The van der Waals surface area contributed by atoms with Gasteiger partial charge in [-0.25, -0.2) is 4.98 Å². The molecule has 1 atom stereocenters. The van der Waals surface area contributed by atoms with Gasteiger partial charge in [-0.05, 0) is 48.7 Å². The molecule has 1 aliphatic rings. The molecular weight excluding hydrogens is 478 g/mol. The fourth-order valence-corrected chi connectivity index (χ4v) is 4.08. The maximum atomic E-state index is 13.2. The van der Waals surface area contributed by atoms with Gasteiger partial charge in [-0.3, -0.25) is 9.59 Å². The van der Waals surface area contributed by atoms with Crippen molar-refractivity contribution >= 4 is 5.91 Å². The molecule has 0 bridgehead atoms. The number of amides is 1. The second-order valence-electron chi connectivity index (χ2n) is 8.47. The van der Waals surface area contributed by atoms with Gasteiger partial charge in [0.25, 0.3) is 11.5 Å². The van der Waals surface area contributed by atoms with E-state index >= 15 is 0 Å². The van der Waals surface area contributed by atoms with Crippen LogP contribution in [0.15, 0.2) is 47.7 Å². The molecule has 0 fully saturated rings. The monoisotopic (exact) mass is 498 g/mol. The first kappa shape index (κ1) is 24.6. The second kappa shape index (κ2) is 8.58. The largest absolute Gasteiger partial charge is 0.416 e. The number of imidazole rings is 1. The molecule has 0 aliphatic carbocycles. The van der Waals surface area contributed by atoms with Gasteiger partial charge in [0.1, 0.15) is 11.4 Å². The van der Waals surface area contributed by atoms with Crippen LogP contribution in [0.2, 0.25) is 0 Å². The molecule has 12 heteroatoms. The first-order valence-electron chi connectivity index (χ1n) is 10.6. The number of aromatic nitrogens is 3. The van der Waals surface area contributed by atoms with E-state index in [0.717, 1.165) is 0 Å². The molecule has 1 aliphatic heterocycles. The normalized spacial score (nSPS) is 15.3. The fraction of sp³-hybridized carbons (Fsp3) is 0.348. The summed E-state index contributed by atoms with van der Waals surface area (Å²) in [5.41, 5.74) is -2.31. The van der Waals surface area contributed by atoms with Crippen LogP contribution < -0.4 is 5.56 Å². The van der Waals surface area contributed by atoms with Crippen molar-refractivity contribution in [3.63, 3.8) is 0 Å². The van der Waals surface area contributed by atoms with Crippen molar-refractivity contribution in [1.82, 2.24) is 19.0 Å². The number of pyridine rings is 1. The molecule has 1 amide bonds. The van der Waals surface area contributed by atoms with Crippen LogP contribution in [0.4, 0.5) is 26.3 Å². The Bertz CT molecular complexity index is 1310. The lowest BCUT2D eigenvalue weighted by atomic mass is 9.95. The Morgan fingerprint density at radius 3 is 2.14 bits per heavy atom. The van der Waals surface area contributed by atoms with Crippen LogP contribution in [-0.4, -0.2) is 38.0 Å². The first-order valence-corrected chi connectivity index (χ1v) is 10.6. The van der Waals surface area contributed by atoms with Gasteiger partial charge in [0.15, 0.2) is 0 Å². The van der Waals surface area contributed by atoms with E-state index in [4.69, 9.17) is 0 Å². The standard InChI is InChI=1S/C23H20F6N4O2/c1-13(15-7-16(22(24,25)26)9-17(8-15)23(27,28)29)10-31-5-6-33-19(20(31)34)4-3-18(21(33)35)32-11-14(2)30-12-32/h3-4,7-9,11-13H,5-6,10H2,1-2H3. The molecule has 1 aromatic carbocycles. The number of aryl methyl sites for hydroxylation is 1. The molecule has 3 aromatic rings. The Labute approximate surface area is 195 Å². The van der Waals surface area contributed by atoms with Gasteiger partial charge in [0.2, 0.25) is 0 Å². The van der Waals surface area contributed by atoms with Gasteiger partial charge in [0, 0.05) is 25.8 Å². The highest BCUT2D eigenvalue weighted by Crippen LogP contribution is 2.38. The van der Waals surface area contributed by atoms with Crippen LogP contribution >= 0.6 is 0 Å². The third-order valence-electron chi connectivity index (χ3n) is 5.92. The van der Waals surface area contributed by atoms with Crippen molar-refractivity contribution in [2.24, 2.45) is 0 Å². The SMILES string of the molecule is Cc1cn(-c2ccc3n(c2=O)CCN(CC(C)c2cc(C(F)(F)F)cc(C(F)(F)F)c2)C3=O)cn1. The van der Waals surface area contributed by atoms with E-state index in [0.29, 0.717) is 23.5 Å². The maximum Gasteiger partial charge on any atom is 0.416 e. The Morgan fingerprint density at radius 2 is 1.60 bits per heavy atom. The molecule has 3 heterocycles. The first-order chi connectivity index (χ1) is 16.3. The van der Waals surface area contributed by atoms with Crippen molar-refractivity contribution in [2.75, 3.05) is 13.1 Å². The van der Waals surface area contributed by atoms with Gasteiger partial charge < -0.3 is 14.0 Å². The molecule has 6 nitrogen and oxygen atoms in total. The molecular formula is C23H20F6N4O2. The quantitative estimate of drug-likeness (QED) is 0.493. The number of rotatable bonds is 4. The number of carbonyl (C=O) groups excluding carboxylic acids is 1. The van der Waals surface area contributed by atoms with Crippen molar-refractivity contribution in [3.8, 4) is 5.69 Å². The summed E-state index contributed by atoms with van der Waals surface area (Å²) in [6.45, 7) is 3.30. The van der Waals surface area contributed by atoms with Crippen LogP contribution in [0.25, 0.3) is 5.69 Å². The lowest BCUT2D eigenvalue weighted by Gasteiger charge is -2.32. The molecule has 2 aromatic heterocycles. The van der Waals surface area contributed by atoms with E-state index < -0.39 is 40.9 Å². The zero-order valence-electron chi connectivity index (χ0n) is 18.6. The highest BCUT2D eigenvalue weighted by atomic mass is 19.4. The van der Waals surface area contributed by atoms with Crippen molar-refractivity contribution in [3.05, 3.63) is 81.3 Å². The van der Waals surface area contributed by atoms with Crippen LogP contribution in [0.3, 0.4) is 0 Å². The van der Waals surface area contributed by atoms with Gasteiger partial charge >= 0.3 is 12.4 Å². The number of hydrogen-bond donors (Lipinski definition) is 0. The van der Waals surface area contributed by atoms with Crippen molar-refractivity contribution in [2.45, 2.75) is 38.7 Å². The smallest absolute Gasteiger partial charge is 0.335 e. The summed E-state index contributed by atoms with van der Waals surface area (Å²) >= 11 is 0. The summed E-state index contributed by atoms with van der Waals surface area (Å²) in [5, 5.41) is 0. The van der Waals surface area contributed by atoms with E-state index in [1.165, 1.54) is 39.4 Å². The Hall–Kier alpha value is -3.57. The van der Waals surface area contributed by atoms with Gasteiger partial charge in [-0.15, -0.1) is 0 Å². The van der Waals surface area contributed by atoms with E-state index in [1.807, 2.05) is 0 Å². The minimum absolute atomic E-state index is 0.0737. The van der Waals surface area contributed by atoms with Crippen LogP contribution in [0.5, 0.6) is 0 Å². The molecule has 0 N–H and O–H groups in total. The molecule has 0 spiro atoms. The summed E-state index contributed by atoms with van der Waals surface area (Å²) in [6.07, 6.45) is -6.78. The molecule has 0 saturated heterocycles. The third-order valence-corrected chi connectivity index (χ3v) is 5.92. The highest BCUT2D eigenvalue weighted by Gasteiger charge is 2.37. The van der Waals surface area contributed by atoms with Crippen LogP contribution in [0, 0.1) is 6.92 Å². The Morgan fingerprint density at radius 1 is 0.971 bits per heavy atom.